The third kappa shape index (κ3) is 4.43. The normalized spacial score (nSPS) is 15.6. The van der Waals surface area contributed by atoms with Crippen LogP contribution in [0.5, 0.6) is 5.75 Å². The van der Waals surface area contributed by atoms with Gasteiger partial charge in [0.25, 0.3) is 0 Å². The summed E-state index contributed by atoms with van der Waals surface area (Å²) in [6, 6.07) is 13.6. The second kappa shape index (κ2) is 8.29. The van der Waals surface area contributed by atoms with Gasteiger partial charge in [-0.2, -0.15) is 4.31 Å². The maximum atomic E-state index is 12.7. The molecule has 27 heavy (non-hydrogen) atoms. The van der Waals surface area contributed by atoms with Crippen molar-refractivity contribution >= 4 is 27.5 Å². The molecular formula is C19H21ClN2O4S. The van der Waals surface area contributed by atoms with E-state index in [0.29, 0.717) is 23.9 Å². The maximum absolute atomic E-state index is 12.7. The molecule has 0 bridgehead atoms. The number of methoxy groups -OCH3 is 1. The number of hydrogen-bond acceptors (Lipinski definition) is 4. The lowest BCUT2D eigenvalue weighted by Gasteiger charge is -2.34. The molecule has 2 aromatic carbocycles. The number of carbonyl (C=O) groups is 1. The smallest absolute Gasteiger partial charge is 0.243 e. The van der Waals surface area contributed by atoms with Crippen molar-refractivity contribution in [2.24, 2.45) is 0 Å². The Morgan fingerprint density at radius 1 is 1.07 bits per heavy atom. The highest BCUT2D eigenvalue weighted by Gasteiger charge is 2.30. The molecule has 6 nitrogen and oxygen atoms in total. The summed E-state index contributed by atoms with van der Waals surface area (Å²) in [5, 5.41) is 0.377. The second-order valence-corrected chi connectivity index (χ2v) is 8.61. The molecule has 1 aliphatic rings. The molecule has 1 saturated heterocycles. The van der Waals surface area contributed by atoms with Gasteiger partial charge in [-0.15, -0.1) is 0 Å². The van der Waals surface area contributed by atoms with Crippen LogP contribution in [-0.4, -0.2) is 56.8 Å². The lowest BCUT2D eigenvalue weighted by molar-refractivity contribution is -0.131. The zero-order chi connectivity index (χ0) is 19.4. The predicted octanol–water partition coefficient (Wildman–Crippen LogP) is 2.42. The molecular weight excluding hydrogens is 388 g/mol. The van der Waals surface area contributed by atoms with E-state index in [1.807, 2.05) is 24.3 Å². The molecule has 0 saturated carbocycles. The first kappa shape index (κ1) is 19.7. The molecule has 0 radical (unpaired) electrons. The van der Waals surface area contributed by atoms with Crippen molar-refractivity contribution in [3.8, 4) is 5.75 Å². The van der Waals surface area contributed by atoms with Gasteiger partial charge in [-0.25, -0.2) is 8.42 Å². The summed E-state index contributed by atoms with van der Waals surface area (Å²) >= 11 is 5.91. The first-order chi connectivity index (χ1) is 12.9. The Hall–Kier alpha value is -2.09. The van der Waals surface area contributed by atoms with Gasteiger partial charge < -0.3 is 9.64 Å². The number of nitrogens with zero attached hydrogens (tertiary/aromatic N) is 2. The number of para-hydroxylation sites is 1. The number of benzene rings is 2. The van der Waals surface area contributed by atoms with Gasteiger partial charge in [0.05, 0.1) is 18.4 Å². The van der Waals surface area contributed by atoms with E-state index in [-0.39, 0.29) is 30.3 Å². The van der Waals surface area contributed by atoms with Crippen LogP contribution in [0.2, 0.25) is 5.02 Å². The third-order valence-electron chi connectivity index (χ3n) is 4.56. The van der Waals surface area contributed by atoms with Crippen LogP contribution in [-0.2, 0) is 21.2 Å². The molecule has 0 spiro atoms. The Kier molecular flexibility index (Phi) is 6.04. The minimum Gasteiger partial charge on any atom is -0.496 e. The number of carbonyl (C=O) groups excluding carboxylic acids is 1. The van der Waals surface area contributed by atoms with Gasteiger partial charge in [-0.05, 0) is 24.3 Å². The summed E-state index contributed by atoms with van der Waals surface area (Å²) in [5.41, 5.74) is 0.818. The summed E-state index contributed by atoms with van der Waals surface area (Å²) in [6.07, 6.45) is 0.227. The van der Waals surface area contributed by atoms with Gasteiger partial charge in [0.15, 0.2) is 0 Å². The molecule has 3 rings (SSSR count). The summed E-state index contributed by atoms with van der Waals surface area (Å²) in [5.74, 6) is 0.632. The van der Waals surface area contributed by atoms with Crippen LogP contribution in [0, 0.1) is 0 Å². The quantitative estimate of drug-likeness (QED) is 0.762. The average molecular weight is 409 g/mol. The van der Waals surface area contributed by atoms with Crippen molar-refractivity contribution in [2.75, 3.05) is 33.3 Å². The van der Waals surface area contributed by atoms with Crippen LogP contribution < -0.4 is 4.74 Å². The van der Waals surface area contributed by atoms with E-state index >= 15 is 0 Å². The monoisotopic (exact) mass is 408 g/mol. The van der Waals surface area contributed by atoms with Crippen molar-refractivity contribution in [2.45, 2.75) is 11.3 Å². The zero-order valence-electron chi connectivity index (χ0n) is 15.0. The molecule has 0 aliphatic carbocycles. The molecule has 0 unspecified atom stereocenters. The van der Waals surface area contributed by atoms with Gasteiger partial charge >= 0.3 is 0 Å². The van der Waals surface area contributed by atoms with E-state index in [2.05, 4.69) is 0 Å². The van der Waals surface area contributed by atoms with Gasteiger partial charge in [0.2, 0.25) is 15.9 Å². The Morgan fingerprint density at radius 3 is 2.44 bits per heavy atom. The molecule has 0 atom stereocenters. The SMILES string of the molecule is COc1ccccc1CC(=O)N1CCN(S(=O)(=O)c2cccc(Cl)c2)CC1. The summed E-state index contributed by atoms with van der Waals surface area (Å²) in [6.45, 7) is 1.22. The van der Waals surface area contributed by atoms with Crippen LogP contribution in [0.1, 0.15) is 5.56 Å². The van der Waals surface area contributed by atoms with Crippen LogP contribution in [0.3, 0.4) is 0 Å². The van der Waals surface area contributed by atoms with Crippen molar-refractivity contribution in [3.63, 3.8) is 0 Å². The van der Waals surface area contributed by atoms with Gasteiger partial charge in [-0.1, -0.05) is 35.9 Å². The fourth-order valence-electron chi connectivity index (χ4n) is 3.08. The van der Waals surface area contributed by atoms with E-state index in [1.165, 1.54) is 16.4 Å². The number of amides is 1. The molecule has 1 aliphatic heterocycles. The fourth-order valence-corrected chi connectivity index (χ4v) is 4.80. The molecule has 8 heteroatoms. The largest absolute Gasteiger partial charge is 0.496 e. The maximum Gasteiger partial charge on any atom is 0.243 e. The molecule has 144 valence electrons. The summed E-state index contributed by atoms with van der Waals surface area (Å²) in [7, 11) is -2.04. The Morgan fingerprint density at radius 2 is 1.78 bits per heavy atom. The number of ether oxygens (including phenoxy) is 1. The highest BCUT2D eigenvalue weighted by Crippen LogP contribution is 2.22. The first-order valence-electron chi connectivity index (χ1n) is 8.57. The molecule has 1 heterocycles. The first-order valence-corrected chi connectivity index (χ1v) is 10.4. The number of sulfonamides is 1. The highest BCUT2D eigenvalue weighted by atomic mass is 35.5. The van der Waals surface area contributed by atoms with Crippen LogP contribution in [0.15, 0.2) is 53.4 Å². The lowest BCUT2D eigenvalue weighted by atomic mass is 10.1. The van der Waals surface area contributed by atoms with E-state index in [9.17, 15) is 13.2 Å². The average Bonchev–Trinajstić information content (AvgIpc) is 2.68. The predicted molar refractivity (Wildman–Crippen MR) is 103 cm³/mol. The van der Waals surface area contributed by atoms with E-state index < -0.39 is 10.0 Å². The zero-order valence-corrected chi connectivity index (χ0v) is 16.5. The Balaban J connectivity index is 1.64. The standard InChI is InChI=1S/C19H21ClN2O4S/c1-26-18-8-3-2-5-15(18)13-19(23)21-9-11-22(12-10-21)27(24,25)17-7-4-6-16(20)14-17/h2-8,14H,9-13H2,1H3. The number of halogens is 1. The third-order valence-corrected chi connectivity index (χ3v) is 6.69. The second-order valence-electron chi connectivity index (χ2n) is 6.23. The number of piperazine rings is 1. The van der Waals surface area contributed by atoms with Crippen LogP contribution in [0.25, 0.3) is 0 Å². The molecule has 0 aromatic heterocycles. The molecule has 1 amide bonds. The highest BCUT2D eigenvalue weighted by molar-refractivity contribution is 7.89. The van der Waals surface area contributed by atoms with Crippen molar-refractivity contribution in [3.05, 3.63) is 59.1 Å². The minimum absolute atomic E-state index is 0.0423. The summed E-state index contributed by atoms with van der Waals surface area (Å²) < 4.78 is 32.2. The fraction of sp³-hybridized carbons (Fsp3) is 0.316. The van der Waals surface area contributed by atoms with E-state index in [4.69, 9.17) is 16.3 Å². The Bertz CT molecular complexity index is 925. The van der Waals surface area contributed by atoms with Crippen molar-refractivity contribution < 1.29 is 17.9 Å². The topological polar surface area (TPSA) is 66.9 Å². The van der Waals surface area contributed by atoms with Crippen LogP contribution >= 0.6 is 11.6 Å². The molecule has 1 fully saturated rings. The molecule has 2 aromatic rings. The summed E-state index contributed by atoms with van der Waals surface area (Å²) in [4.78, 5) is 14.5. The van der Waals surface area contributed by atoms with Gasteiger partial charge in [-0.3, -0.25) is 4.79 Å². The molecule has 0 N–H and O–H groups in total. The number of rotatable bonds is 5. The van der Waals surface area contributed by atoms with Gasteiger partial charge in [0.1, 0.15) is 5.75 Å². The van der Waals surface area contributed by atoms with Crippen molar-refractivity contribution in [1.29, 1.82) is 0 Å². The van der Waals surface area contributed by atoms with E-state index in [1.54, 1.807) is 24.1 Å². The van der Waals surface area contributed by atoms with E-state index in [0.717, 1.165) is 5.56 Å². The minimum atomic E-state index is -3.61. The lowest BCUT2D eigenvalue weighted by Crippen LogP contribution is -2.50. The number of hydrogen-bond donors (Lipinski definition) is 0. The van der Waals surface area contributed by atoms with Crippen molar-refractivity contribution in [1.82, 2.24) is 9.21 Å². The van der Waals surface area contributed by atoms with Crippen LogP contribution in [0.4, 0.5) is 0 Å². The Labute approximate surface area is 164 Å². The van der Waals surface area contributed by atoms with Gasteiger partial charge in [0, 0.05) is 36.8 Å².